The predicted octanol–water partition coefficient (Wildman–Crippen LogP) is 2.63. The summed E-state index contributed by atoms with van der Waals surface area (Å²) in [5, 5.41) is 9.21. The van der Waals surface area contributed by atoms with Crippen LogP contribution in [0.1, 0.15) is 31.2 Å². The Morgan fingerprint density at radius 3 is 2.80 bits per heavy atom. The molecule has 7 heteroatoms. The summed E-state index contributed by atoms with van der Waals surface area (Å²) in [4.78, 5) is 16.0. The molecule has 1 atom stereocenters. The maximum absolute atomic E-state index is 11.8. The zero-order valence-electron chi connectivity index (χ0n) is 11.6. The first-order valence-corrected chi connectivity index (χ1v) is 7.49. The number of nitrogens with zero attached hydrogens (tertiary/aromatic N) is 1. The molecule has 1 amide bonds. The van der Waals surface area contributed by atoms with Crippen molar-refractivity contribution >= 4 is 42.1 Å². The van der Waals surface area contributed by atoms with Crippen molar-refractivity contribution < 1.29 is 4.79 Å². The van der Waals surface area contributed by atoms with Crippen molar-refractivity contribution in [3.63, 3.8) is 0 Å². The molecule has 1 aliphatic heterocycles. The number of nitrogens with one attached hydrogen (secondary N) is 2. The van der Waals surface area contributed by atoms with Crippen molar-refractivity contribution in [2.24, 2.45) is 11.8 Å². The Balaban J connectivity index is 0.00000180. The molecule has 4 nitrogen and oxygen atoms in total. The molecule has 116 valence electrons. The van der Waals surface area contributed by atoms with E-state index in [1.807, 2.05) is 5.38 Å². The molecular formula is C13H23Cl2N3OS. The van der Waals surface area contributed by atoms with Gasteiger partial charge in [-0.3, -0.25) is 4.79 Å². The van der Waals surface area contributed by atoms with E-state index in [1.54, 1.807) is 17.5 Å². The summed E-state index contributed by atoms with van der Waals surface area (Å²) in [6, 6.07) is 0. The zero-order valence-corrected chi connectivity index (χ0v) is 14.1. The second kappa shape index (κ2) is 10.4. The van der Waals surface area contributed by atoms with Gasteiger partial charge < -0.3 is 10.6 Å². The number of hydrogen-bond donors (Lipinski definition) is 2. The molecule has 0 radical (unpaired) electrons. The minimum Gasteiger partial charge on any atom is -0.350 e. The van der Waals surface area contributed by atoms with E-state index in [1.165, 1.54) is 12.8 Å². The van der Waals surface area contributed by atoms with Gasteiger partial charge in [0, 0.05) is 18.0 Å². The average molecular weight is 340 g/mol. The summed E-state index contributed by atoms with van der Waals surface area (Å²) in [6.45, 7) is 4.94. The van der Waals surface area contributed by atoms with Gasteiger partial charge in [0.1, 0.15) is 5.01 Å². The number of amides is 1. The molecular weight excluding hydrogens is 317 g/mol. The quantitative estimate of drug-likeness (QED) is 0.866. The maximum Gasteiger partial charge on any atom is 0.220 e. The van der Waals surface area contributed by atoms with Crippen LogP contribution < -0.4 is 10.6 Å². The second-order valence-corrected chi connectivity index (χ2v) is 5.95. The molecule has 1 fully saturated rings. The molecule has 1 saturated heterocycles. The number of halogens is 2. The maximum atomic E-state index is 11.8. The van der Waals surface area contributed by atoms with Gasteiger partial charge in [0.25, 0.3) is 0 Å². The predicted molar refractivity (Wildman–Crippen MR) is 87.8 cm³/mol. The van der Waals surface area contributed by atoms with Crippen LogP contribution in [0.25, 0.3) is 0 Å². The standard InChI is InChI=1S/C13H21N3OS.2ClH/c1-10(11-2-4-14-5-3-11)8-12(17)16-9-13-15-6-7-18-13;;/h6-7,10-11,14H,2-5,8-9H2,1H3,(H,16,17);2*1H. The van der Waals surface area contributed by atoms with Crippen LogP contribution in [0.3, 0.4) is 0 Å². The van der Waals surface area contributed by atoms with Gasteiger partial charge >= 0.3 is 0 Å². The van der Waals surface area contributed by atoms with Crippen molar-refractivity contribution in [1.29, 1.82) is 0 Å². The highest BCUT2D eigenvalue weighted by Gasteiger charge is 2.21. The number of piperidine rings is 1. The summed E-state index contributed by atoms with van der Waals surface area (Å²) < 4.78 is 0. The molecule has 2 rings (SSSR count). The first-order valence-electron chi connectivity index (χ1n) is 6.61. The number of carbonyl (C=O) groups excluding carboxylic acids is 1. The van der Waals surface area contributed by atoms with Crippen molar-refractivity contribution in [3.05, 3.63) is 16.6 Å². The van der Waals surface area contributed by atoms with Crippen LogP contribution in [0.5, 0.6) is 0 Å². The molecule has 2 heterocycles. The topological polar surface area (TPSA) is 54.0 Å². The van der Waals surface area contributed by atoms with Gasteiger partial charge in [0.05, 0.1) is 6.54 Å². The highest BCUT2D eigenvalue weighted by atomic mass is 35.5. The molecule has 20 heavy (non-hydrogen) atoms. The monoisotopic (exact) mass is 339 g/mol. The summed E-state index contributed by atoms with van der Waals surface area (Å²) >= 11 is 1.58. The molecule has 0 aromatic carbocycles. The van der Waals surface area contributed by atoms with Gasteiger partial charge in [-0.15, -0.1) is 36.2 Å². The average Bonchev–Trinajstić information content (AvgIpc) is 2.90. The van der Waals surface area contributed by atoms with Gasteiger partial charge in [-0.1, -0.05) is 6.92 Å². The summed E-state index contributed by atoms with van der Waals surface area (Å²) in [5.41, 5.74) is 0. The first kappa shape index (κ1) is 19.6. The molecule has 1 unspecified atom stereocenters. The van der Waals surface area contributed by atoms with E-state index in [0.717, 1.165) is 18.1 Å². The molecule has 0 bridgehead atoms. The Bertz CT molecular complexity index is 370. The summed E-state index contributed by atoms with van der Waals surface area (Å²) in [5.74, 6) is 1.32. The van der Waals surface area contributed by atoms with Crippen molar-refractivity contribution in [3.8, 4) is 0 Å². The van der Waals surface area contributed by atoms with E-state index in [4.69, 9.17) is 0 Å². The minimum absolute atomic E-state index is 0. The third-order valence-corrected chi connectivity index (χ3v) is 4.40. The van der Waals surface area contributed by atoms with E-state index < -0.39 is 0 Å². The van der Waals surface area contributed by atoms with E-state index >= 15 is 0 Å². The summed E-state index contributed by atoms with van der Waals surface area (Å²) in [6.07, 6.45) is 4.79. The fraction of sp³-hybridized carbons (Fsp3) is 0.692. The number of carbonyl (C=O) groups is 1. The van der Waals surface area contributed by atoms with Crippen molar-refractivity contribution in [1.82, 2.24) is 15.6 Å². The third kappa shape index (κ3) is 6.39. The molecule has 2 N–H and O–H groups in total. The largest absolute Gasteiger partial charge is 0.350 e. The van der Waals surface area contributed by atoms with Gasteiger partial charge in [0.15, 0.2) is 0 Å². The van der Waals surface area contributed by atoms with Crippen LogP contribution in [0.4, 0.5) is 0 Å². The SMILES string of the molecule is CC(CC(=O)NCc1nccs1)C1CCNCC1.Cl.Cl. The van der Waals surface area contributed by atoms with E-state index in [9.17, 15) is 4.79 Å². The molecule has 1 aromatic rings. The Labute approximate surface area is 137 Å². The zero-order chi connectivity index (χ0) is 12.8. The Kier molecular flexibility index (Phi) is 10.2. The van der Waals surface area contributed by atoms with Gasteiger partial charge in [-0.25, -0.2) is 4.98 Å². The molecule has 0 spiro atoms. The number of hydrogen-bond acceptors (Lipinski definition) is 4. The molecule has 0 aliphatic carbocycles. The van der Waals surface area contributed by atoms with Crippen LogP contribution in [-0.4, -0.2) is 24.0 Å². The fourth-order valence-electron chi connectivity index (χ4n) is 2.46. The number of aromatic nitrogens is 1. The molecule has 1 aliphatic rings. The van der Waals surface area contributed by atoms with Crippen molar-refractivity contribution in [2.45, 2.75) is 32.7 Å². The highest BCUT2D eigenvalue weighted by molar-refractivity contribution is 7.09. The first-order chi connectivity index (χ1) is 8.75. The van der Waals surface area contributed by atoms with Gasteiger partial charge in [0.2, 0.25) is 5.91 Å². The fourth-order valence-corrected chi connectivity index (χ4v) is 3.02. The molecule has 1 aromatic heterocycles. The number of rotatable bonds is 5. The second-order valence-electron chi connectivity index (χ2n) is 4.97. The van der Waals surface area contributed by atoms with E-state index in [2.05, 4.69) is 22.5 Å². The van der Waals surface area contributed by atoms with Crippen molar-refractivity contribution in [2.75, 3.05) is 13.1 Å². The van der Waals surface area contributed by atoms with E-state index in [-0.39, 0.29) is 30.7 Å². The Hall–Kier alpha value is -0.360. The Morgan fingerprint density at radius 1 is 1.50 bits per heavy atom. The smallest absolute Gasteiger partial charge is 0.220 e. The van der Waals surface area contributed by atoms with Crippen LogP contribution in [-0.2, 0) is 11.3 Å². The Morgan fingerprint density at radius 2 is 2.20 bits per heavy atom. The highest BCUT2D eigenvalue weighted by Crippen LogP contribution is 2.24. The van der Waals surface area contributed by atoms with Crippen LogP contribution in [0.15, 0.2) is 11.6 Å². The lowest BCUT2D eigenvalue weighted by Gasteiger charge is -2.27. The lowest BCUT2D eigenvalue weighted by atomic mass is 9.84. The molecule has 0 saturated carbocycles. The van der Waals surface area contributed by atoms with E-state index in [0.29, 0.717) is 24.8 Å². The minimum atomic E-state index is 0. The normalized spacial score (nSPS) is 16.6. The summed E-state index contributed by atoms with van der Waals surface area (Å²) in [7, 11) is 0. The lowest BCUT2D eigenvalue weighted by Crippen LogP contribution is -2.33. The van der Waals surface area contributed by atoms with Crippen LogP contribution >= 0.6 is 36.2 Å². The number of thiazole rings is 1. The third-order valence-electron chi connectivity index (χ3n) is 3.62. The van der Waals surface area contributed by atoms with Gasteiger partial charge in [-0.2, -0.15) is 0 Å². The van der Waals surface area contributed by atoms with Crippen LogP contribution in [0, 0.1) is 11.8 Å². The lowest BCUT2D eigenvalue weighted by molar-refractivity contribution is -0.122. The van der Waals surface area contributed by atoms with Gasteiger partial charge in [-0.05, 0) is 37.8 Å². The van der Waals surface area contributed by atoms with Crippen LogP contribution in [0.2, 0.25) is 0 Å².